The Morgan fingerprint density at radius 1 is 1.19 bits per heavy atom. The lowest BCUT2D eigenvalue weighted by Crippen LogP contribution is -2.28. The summed E-state index contributed by atoms with van der Waals surface area (Å²) in [4.78, 5) is 8.35. The van der Waals surface area contributed by atoms with E-state index < -0.39 is 0 Å². The van der Waals surface area contributed by atoms with Crippen molar-refractivity contribution in [2.75, 3.05) is 52.0 Å². The van der Waals surface area contributed by atoms with Gasteiger partial charge in [0.25, 0.3) is 0 Å². The van der Waals surface area contributed by atoms with E-state index in [9.17, 15) is 0 Å². The molecule has 0 unspecified atom stereocenters. The quantitative estimate of drug-likeness (QED) is 0.600. The van der Waals surface area contributed by atoms with Crippen molar-refractivity contribution in [3.05, 3.63) is 10.6 Å². The molecule has 1 aromatic heterocycles. The highest BCUT2D eigenvalue weighted by Gasteiger charge is 2.13. The summed E-state index contributed by atoms with van der Waals surface area (Å²) in [5, 5.41) is 4.54. The number of rotatable bonds is 12. The lowest BCUT2D eigenvalue weighted by Gasteiger charge is -2.21. The molecule has 0 aliphatic rings. The molecule has 21 heavy (non-hydrogen) atoms. The number of hydrogen-bond acceptors (Lipinski definition) is 6. The number of aromatic nitrogens is 1. The van der Waals surface area contributed by atoms with Crippen molar-refractivity contribution in [1.29, 1.82) is 0 Å². The zero-order chi connectivity index (χ0) is 15.5. The fourth-order valence-corrected chi connectivity index (χ4v) is 3.08. The first kappa shape index (κ1) is 18.4. The second-order valence-electron chi connectivity index (χ2n) is 5.01. The molecule has 1 heterocycles. The Labute approximate surface area is 132 Å². The van der Waals surface area contributed by atoms with Crippen LogP contribution in [0, 0.1) is 6.92 Å². The SMILES string of the molecule is CCCNCc1sc(N(CCCOC)CCOC)nc1C. The maximum absolute atomic E-state index is 5.21. The molecule has 0 bridgehead atoms. The number of aryl methyl sites for hydroxylation is 1. The van der Waals surface area contributed by atoms with Crippen molar-refractivity contribution in [2.45, 2.75) is 33.2 Å². The minimum absolute atomic E-state index is 0.717. The summed E-state index contributed by atoms with van der Waals surface area (Å²) in [6, 6.07) is 0. The van der Waals surface area contributed by atoms with Crippen LogP contribution in [-0.4, -0.2) is 52.1 Å². The minimum Gasteiger partial charge on any atom is -0.385 e. The van der Waals surface area contributed by atoms with E-state index in [-0.39, 0.29) is 0 Å². The highest BCUT2D eigenvalue weighted by molar-refractivity contribution is 7.15. The Kier molecular flexibility index (Phi) is 9.58. The number of hydrogen-bond donors (Lipinski definition) is 1. The van der Waals surface area contributed by atoms with Gasteiger partial charge in [-0.1, -0.05) is 6.92 Å². The number of nitrogens with zero attached hydrogens (tertiary/aromatic N) is 2. The smallest absolute Gasteiger partial charge is 0.185 e. The van der Waals surface area contributed by atoms with E-state index >= 15 is 0 Å². The van der Waals surface area contributed by atoms with E-state index in [1.807, 2.05) is 0 Å². The van der Waals surface area contributed by atoms with Crippen molar-refractivity contribution in [3.8, 4) is 0 Å². The Morgan fingerprint density at radius 3 is 2.62 bits per heavy atom. The van der Waals surface area contributed by atoms with Gasteiger partial charge in [0.1, 0.15) is 0 Å². The molecule has 0 amide bonds. The summed E-state index contributed by atoms with van der Waals surface area (Å²) in [5.41, 5.74) is 1.13. The number of nitrogens with one attached hydrogen (secondary N) is 1. The predicted molar refractivity (Wildman–Crippen MR) is 89.4 cm³/mol. The van der Waals surface area contributed by atoms with Crippen LogP contribution in [0.5, 0.6) is 0 Å². The number of thiazole rings is 1. The van der Waals surface area contributed by atoms with Crippen LogP contribution in [0.1, 0.15) is 30.3 Å². The first-order valence-corrected chi connectivity index (χ1v) is 8.44. The van der Waals surface area contributed by atoms with Crippen LogP contribution in [0.15, 0.2) is 0 Å². The molecule has 1 rings (SSSR count). The molecule has 1 N–H and O–H groups in total. The minimum atomic E-state index is 0.717. The van der Waals surface area contributed by atoms with Gasteiger partial charge in [0.05, 0.1) is 12.3 Å². The zero-order valence-electron chi connectivity index (χ0n) is 13.8. The van der Waals surface area contributed by atoms with Crippen molar-refractivity contribution in [3.63, 3.8) is 0 Å². The number of methoxy groups -OCH3 is 2. The van der Waals surface area contributed by atoms with Crippen molar-refractivity contribution < 1.29 is 9.47 Å². The highest BCUT2D eigenvalue weighted by atomic mass is 32.1. The van der Waals surface area contributed by atoms with E-state index in [0.29, 0.717) is 0 Å². The van der Waals surface area contributed by atoms with Crippen molar-refractivity contribution in [1.82, 2.24) is 10.3 Å². The van der Waals surface area contributed by atoms with Gasteiger partial charge in [-0.05, 0) is 26.3 Å². The molecule has 0 aromatic carbocycles. The van der Waals surface area contributed by atoms with Gasteiger partial charge in [-0.2, -0.15) is 0 Å². The summed E-state index contributed by atoms with van der Waals surface area (Å²) in [6.07, 6.45) is 2.16. The topological polar surface area (TPSA) is 46.6 Å². The molecule has 1 aromatic rings. The Hall–Kier alpha value is -0.690. The van der Waals surface area contributed by atoms with Gasteiger partial charge in [0.2, 0.25) is 0 Å². The normalized spacial score (nSPS) is 11.0. The van der Waals surface area contributed by atoms with Gasteiger partial charge in [-0.15, -0.1) is 11.3 Å². The molecule has 0 aliphatic carbocycles. The zero-order valence-corrected chi connectivity index (χ0v) is 14.6. The maximum Gasteiger partial charge on any atom is 0.185 e. The van der Waals surface area contributed by atoms with Crippen LogP contribution in [-0.2, 0) is 16.0 Å². The third-order valence-electron chi connectivity index (χ3n) is 3.21. The summed E-state index contributed by atoms with van der Waals surface area (Å²) in [6.45, 7) is 9.54. The van der Waals surface area contributed by atoms with E-state index in [1.54, 1.807) is 25.6 Å². The standard InChI is InChI=1S/C15H29N3O2S/c1-5-7-16-12-14-13(2)17-15(21-14)18(9-11-20-4)8-6-10-19-3/h16H,5-12H2,1-4H3. The molecule has 0 spiro atoms. The van der Waals surface area contributed by atoms with Crippen LogP contribution < -0.4 is 10.2 Å². The number of ether oxygens (including phenoxy) is 2. The molecule has 6 heteroatoms. The number of anilines is 1. The largest absolute Gasteiger partial charge is 0.385 e. The molecule has 5 nitrogen and oxygen atoms in total. The van der Waals surface area contributed by atoms with Gasteiger partial charge < -0.3 is 19.7 Å². The van der Waals surface area contributed by atoms with Gasteiger partial charge >= 0.3 is 0 Å². The molecule has 0 radical (unpaired) electrons. The monoisotopic (exact) mass is 315 g/mol. The van der Waals surface area contributed by atoms with Gasteiger partial charge in [-0.25, -0.2) is 4.98 Å². The van der Waals surface area contributed by atoms with E-state index in [0.717, 1.165) is 63.1 Å². The lowest BCUT2D eigenvalue weighted by atomic mass is 10.4. The summed E-state index contributed by atoms with van der Waals surface area (Å²) < 4.78 is 10.4. The Balaban J connectivity index is 2.64. The molecule has 0 aliphatic heterocycles. The molecular formula is C15H29N3O2S. The van der Waals surface area contributed by atoms with Crippen molar-refractivity contribution >= 4 is 16.5 Å². The summed E-state index contributed by atoms with van der Waals surface area (Å²) >= 11 is 1.78. The van der Waals surface area contributed by atoms with Crippen LogP contribution >= 0.6 is 11.3 Å². The first-order chi connectivity index (χ1) is 10.2. The fourth-order valence-electron chi connectivity index (χ4n) is 1.99. The third-order valence-corrected chi connectivity index (χ3v) is 4.42. The Morgan fingerprint density at radius 2 is 1.95 bits per heavy atom. The van der Waals surface area contributed by atoms with Gasteiger partial charge in [-0.3, -0.25) is 0 Å². The predicted octanol–water partition coefficient (Wildman–Crippen LogP) is 2.44. The molecule has 0 saturated carbocycles. The summed E-state index contributed by atoms with van der Waals surface area (Å²) in [5.74, 6) is 0. The summed E-state index contributed by atoms with van der Waals surface area (Å²) in [7, 11) is 3.48. The molecule has 122 valence electrons. The highest BCUT2D eigenvalue weighted by Crippen LogP contribution is 2.26. The molecule has 0 saturated heterocycles. The fraction of sp³-hybridized carbons (Fsp3) is 0.800. The van der Waals surface area contributed by atoms with Gasteiger partial charge in [0.15, 0.2) is 5.13 Å². The second kappa shape index (κ2) is 11.0. The maximum atomic E-state index is 5.21. The van der Waals surface area contributed by atoms with Crippen LogP contribution in [0.25, 0.3) is 0 Å². The average Bonchev–Trinajstić information content (AvgIpc) is 2.84. The Bertz CT molecular complexity index is 385. The lowest BCUT2D eigenvalue weighted by molar-refractivity contribution is 0.191. The first-order valence-electron chi connectivity index (χ1n) is 7.62. The van der Waals surface area contributed by atoms with E-state index in [2.05, 4.69) is 24.1 Å². The van der Waals surface area contributed by atoms with Crippen LogP contribution in [0.3, 0.4) is 0 Å². The van der Waals surface area contributed by atoms with Crippen molar-refractivity contribution in [2.24, 2.45) is 0 Å². The van der Waals surface area contributed by atoms with E-state index in [1.165, 1.54) is 4.88 Å². The molecular weight excluding hydrogens is 286 g/mol. The third kappa shape index (κ3) is 6.74. The van der Waals surface area contributed by atoms with Crippen LogP contribution in [0.2, 0.25) is 0 Å². The van der Waals surface area contributed by atoms with E-state index in [4.69, 9.17) is 14.5 Å². The van der Waals surface area contributed by atoms with Gasteiger partial charge in [0, 0.05) is 45.3 Å². The second-order valence-corrected chi connectivity index (χ2v) is 6.07. The van der Waals surface area contributed by atoms with Crippen LogP contribution in [0.4, 0.5) is 5.13 Å². The molecule has 0 fully saturated rings. The molecule has 0 atom stereocenters. The average molecular weight is 315 g/mol.